The molecule has 138 valence electrons. The first-order valence-corrected chi connectivity index (χ1v) is 10.2. The topological polar surface area (TPSA) is 61.9 Å². The Morgan fingerprint density at radius 2 is 1.85 bits per heavy atom. The molecule has 4 rings (SSSR count). The number of pyridine rings is 1. The molecule has 0 spiro atoms. The molecular weight excluding hydrogens is 356 g/mol. The van der Waals surface area contributed by atoms with E-state index in [1.54, 1.807) is 24.2 Å². The highest BCUT2D eigenvalue weighted by molar-refractivity contribution is 8.00. The predicted octanol–water partition coefficient (Wildman–Crippen LogP) is 3.97. The van der Waals surface area contributed by atoms with Crippen LogP contribution in [-0.2, 0) is 4.79 Å². The third-order valence-electron chi connectivity index (χ3n) is 5.02. The first-order valence-electron chi connectivity index (χ1n) is 9.20. The fourth-order valence-electron chi connectivity index (χ4n) is 3.54. The molecule has 0 atom stereocenters. The van der Waals surface area contributed by atoms with Crippen LogP contribution in [0, 0.1) is 0 Å². The van der Waals surface area contributed by atoms with E-state index in [0.29, 0.717) is 11.7 Å². The van der Waals surface area contributed by atoms with Gasteiger partial charge in [0.25, 0.3) is 0 Å². The molecule has 1 aliphatic heterocycles. The van der Waals surface area contributed by atoms with E-state index >= 15 is 0 Å². The number of nitrogens with zero attached hydrogens (tertiary/aromatic N) is 3. The van der Waals surface area contributed by atoms with E-state index in [4.69, 9.17) is 0 Å². The Balaban J connectivity index is 1.34. The Hall–Kier alpha value is -2.60. The van der Waals surface area contributed by atoms with Crippen LogP contribution in [0.5, 0.6) is 0 Å². The van der Waals surface area contributed by atoms with Gasteiger partial charge < -0.3 is 4.90 Å². The summed E-state index contributed by atoms with van der Waals surface area (Å²) in [6, 6.07) is 14.2. The lowest BCUT2D eigenvalue weighted by atomic mass is 9.89. The molecule has 1 fully saturated rings. The van der Waals surface area contributed by atoms with Gasteiger partial charge in [0.1, 0.15) is 0 Å². The largest absolute Gasteiger partial charge is 0.342 e. The zero-order valence-electron chi connectivity index (χ0n) is 15.0. The second kappa shape index (κ2) is 8.39. The van der Waals surface area contributed by atoms with Crippen LogP contribution in [0.25, 0.3) is 11.1 Å². The van der Waals surface area contributed by atoms with E-state index in [-0.39, 0.29) is 5.91 Å². The van der Waals surface area contributed by atoms with Crippen LogP contribution in [0.1, 0.15) is 24.5 Å². The first-order chi connectivity index (χ1) is 13.3. The summed E-state index contributed by atoms with van der Waals surface area (Å²) in [7, 11) is 0. The molecule has 0 aliphatic carbocycles. The molecule has 1 aliphatic rings. The number of aromatic amines is 1. The molecule has 1 amide bonds. The van der Waals surface area contributed by atoms with Gasteiger partial charge in [0.2, 0.25) is 5.91 Å². The van der Waals surface area contributed by atoms with E-state index < -0.39 is 0 Å². The average Bonchev–Trinajstić information content (AvgIpc) is 3.23. The summed E-state index contributed by atoms with van der Waals surface area (Å²) in [5.74, 6) is 1.11. The van der Waals surface area contributed by atoms with Gasteiger partial charge in [0.05, 0.1) is 11.9 Å². The predicted molar refractivity (Wildman–Crippen MR) is 108 cm³/mol. The normalized spacial score (nSPS) is 15.0. The minimum atomic E-state index is 0.211. The summed E-state index contributed by atoms with van der Waals surface area (Å²) in [4.78, 5) is 19.6. The second-order valence-corrected chi connectivity index (χ2v) is 7.74. The Kier molecular flexibility index (Phi) is 5.53. The van der Waals surface area contributed by atoms with E-state index in [0.717, 1.165) is 30.8 Å². The van der Waals surface area contributed by atoms with Gasteiger partial charge in [0, 0.05) is 47.6 Å². The lowest BCUT2D eigenvalue weighted by Gasteiger charge is -2.32. The smallest absolute Gasteiger partial charge is 0.232 e. The van der Waals surface area contributed by atoms with Gasteiger partial charge in [-0.05, 0) is 30.5 Å². The molecule has 5 nitrogen and oxygen atoms in total. The van der Waals surface area contributed by atoms with Crippen molar-refractivity contribution in [3.05, 3.63) is 66.7 Å². The van der Waals surface area contributed by atoms with Crippen molar-refractivity contribution in [2.45, 2.75) is 23.7 Å². The number of carbonyl (C=O) groups excluding carboxylic acids is 1. The number of aromatic nitrogens is 3. The number of hydrogen-bond acceptors (Lipinski definition) is 4. The van der Waals surface area contributed by atoms with Crippen molar-refractivity contribution in [3.8, 4) is 11.1 Å². The SMILES string of the molecule is O=C(CSc1ccncc1)N1CCC(c2[nH]ncc2-c2ccccc2)CC1. The standard InChI is InChI=1S/C21H22N4OS/c26-20(15-27-18-6-10-22-11-7-18)25-12-8-17(9-13-25)21-19(14-23-24-21)16-4-2-1-3-5-16/h1-7,10-11,14,17H,8-9,12-13,15H2,(H,23,24). The van der Waals surface area contributed by atoms with Crippen molar-refractivity contribution < 1.29 is 4.79 Å². The average molecular weight is 379 g/mol. The third-order valence-corrected chi connectivity index (χ3v) is 6.02. The van der Waals surface area contributed by atoms with Crippen LogP contribution in [0.2, 0.25) is 0 Å². The van der Waals surface area contributed by atoms with Gasteiger partial charge >= 0.3 is 0 Å². The maximum absolute atomic E-state index is 12.5. The highest BCUT2D eigenvalue weighted by Crippen LogP contribution is 2.34. The summed E-state index contributed by atoms with van der Waals surface area (Å²) in [6.45, 7) is 1.60. The van der Waals surface area contributed by atoms with Gasteiger partial charge in [-0.3, -0.25) is 14.9 Å². The van der Waals surface area contributed by atoms with Crippen LogP contribution in [0.4, 0.5) is 0 Å². The number of carbonyl (C=O) groups is 1. The molecular formula is C21H22N4OS. The number of amides is 1. The van der Waals surface area contributed by atoms with Gasteiger partial charge in [-0.25, -0.2) is 0 Å². The van der Waals surface area contributed by atoms with Gasteiger partial charge in [0.15, 0.2) is 0 Å². The van der Waals surface area contributed by atoms with Crippen molar-refractivity contribution >= 4 is 17.7 Å². The second-order valence-electron chi connectivity index (χ2n) is 6.69. The van der Waals surface area contributed by atoms with Crippen LogP contribution in [-0.4, -0.2) is 44.8 Å². The maximum Gasteiger partial charge on any atom is 0.232 e. The van der Waals surface area contributed by atoms with Crippen molar-refractivity contribution in [3.63, 3.8) is 0 Å². The lowest BCUT2D eigenvalue weighted by molar-refractivity contribution is -0.129. The van der Waals surface area contributed by atoms with E-state index in [1.165, 1.54) is 16.8 Å². The minimum Gasteiger partial charge on any atom is -0.342 e. The third kappa shape index (κ3) is 4.22. The number of nitrogens with one attached hydrogen (secondary N) is 1. The van der Waals surface area contributed by atoms with E-state index in [9.17, 15) is 4.79 Å². The number of thioether (sulfide) groups is 1. The fourth-order valence-corrected chi connectivity index (χ4v) is 4.33. The molecule has 0 saturated carbocycles. The zero-order chi connectivity index (χ0) is 18.5. The molecule has 1 saturated heterocycles. The number of benzene rings is 1. The fraction of sp³-hybridized carbons (Fsp3) is 0.286. The summed E-state index contributed by atoms with van der Waals surface area (Å²) in [5.41, 5.74) is 3.56. The Morgan fingerprint density at radius 1 is 1.11 bits per heavy atom. The quantitative estimate of drug-likeness (QED) is 0.683. The minimum absolute atomic E-state index is 0.211. The van der Waals surface area contributed by atoms with E-state index in [2.05, 4.69) is 27.3 Å². The van der Waals surface area contributed by atoms with Gasteiger partial charge in [-0.2, -0.15) is 5.10 Å². The lowest BCUT2D eigenvalue weighted by Crippen LogP contribution is -2.39. The molecule has 0 unspecified atom stereocenters. The monoisotopic (exact) mass is 378 g/mol. The van der Waals surface area contributed by atoms with Crippen LogP contribution in [0.3, 0.4) is 0 Å². The summed E-state index contributed by atoms with van der Waals surface area (Å²) in [5, 5.41) is 7.48. The number of hydrogen-bond donors (Lipinski definition) is 1. The number of rotatable bonds is 5. The summed E-state index contributed by atoms with van der Waals surface area (Å²) < 4.78 is 0. The molecule has 1 N–H and O–H groups in total. The molecule has 6 heteroatoms. The number of piperidine rings is 1. The van der Waals surface area contributed by atoms with Crippen molar-refractivity contribution in [2.75, 3.05) is 18.8 Å². The van der Waals surface area contributed by atoms with Gasteiger partial charge in [-0.1, -0.05) is 30.3 Å². The molecule has 27 heavy (non-hydrogen) atoms. The Labute approximate surface area is 163 Å². The van der Waals surface area contributed by atoms with Gasteiger partial charge in [-0.15, -0.1) is 11.8 Å². The molecule has 1 aromatic carbocycles. The summed E-state index contributed by atoms with van der Waals surface area (Å²) in [6.07, 6.45) is 7.36. The summed E-state index contributed by atoms with van der Waals surface area (Å²) >= 11 is 1.57. The number of likely N-dealkylation sites (tertiary alicyclic amines) is 1. The van der Waals surface area contributed by atoms with Crippen molar-refractivity contribution in [1.82, 2.24) is 20.1 Å². The van der Waals surface area contributed by atoms with Crippen molar-refractivity contribution in [2.24, 2.45) is 0 Å². The van der Waals surface area contributed by atoms with Crippen LogP contribution >= 0.6 is 11.8 Å². The van der Waals surface area contributed by atoms with Crippen LogP contribution in [0.15, 0.2) is 66.0 Å². The highest BCUT2D eigenvalue weighted by Gasteiger charge is 2.26. The molecule has 0 radical (unpaired) electrons. The molecule has 2 aromatic heterocycles. The molecule has 3 heterocycles. The Morgan fingerprint density at radius 3 is 2.59 bits per heavy atom. The Bertz CT molecular complexity index is 873. The van der Waals surface area contributed by atoms with E-state index in [1.807, 2.05) is 41.4 Å². The highest BCUT2D eigenvalue weighted by atomic mass is 32.2. The van der Waals surface area contributed by atoms with Crippen molar-refractivity contribution in [1.29, 1.82) is 0 Å². The number of H-pyrrole nitrogens is 1. The first kappa shape index (κ1) is 17.8. The molecule has 3 aromatic rings. The maximum atomic E-state index is 12.5. The van der Waals surface area contributed by atoms with Crippen LogP contribution < -0.4 is 0 Å². The molecule has 0 bridgehead atoms. The zero-order valence-corrected chi connectivity index (χ0v) is 15.9.